The molecule has 234 valence electrons. The number of ether oxygens (including phenoxy) is 1. The van der Waals surface area contributed by atoms with Crippen molar-refractivity contribution >= 4 is 51.1 Å². The third-order valence-corrected chi connectivity index (χ3v) is 12.4. The number of nitrogens with zero attached hydrogens (tertiary/aromatic N) is 4. The van der Waals surface area contributed by atoms with Crippen molar-refractivity contribution in [1.82, 2.24) is 14.7 Å². The number of aliphatic hydroxyl groups is 1. The number of rotatable bonds is 14. The maximum Gasteiger partial charge on any atom is 0.247 e. The van der Waals surface area contributed by atoms with E-state index in [2.05, 4.69) is 34.0 Å². The predicted molar refractivity (Wildman–Crippen MR) is 173 cm³/mol. The number of hydrogen-bond acceptors (Lipinski definition) is 7. The van der Waals surface area contributed by atoms with E-state index in [1.807, 2.05) is 35.2 Å². The van der Waals surface area contributed by atoms with Crippen LogP contribution >= 0.6 is 27.7 Å². The van der Waals surface area contributed by atoms with E-state index in [1.54, 1.807) is 33.7 Å². The van der Waals surface area contributed by atoms with Crippen LogP contribution in [0.15, 0.2) is 55.6 Å². The molecule has 1 N–H and O–H groups in total. The number of halogens is 1. The van der Waals surface area contributed by atoms with E-state index in [-0.39, 0.29) is 34.4 Å². The molecule has 1 spiro atoms. The summed E-state index contributed by atoms with van der Waals surface area (Å²) in [5.41, 5.74) is 0.762. The highest BCUT2D eigenvalue weighted by molar-refractivity contribution is 9.09. The highest BCUT2D eigenvalue weighted by Crippen LogP contribution is 2.68. The number of unbranched alkanes of at least 4 members (excludes halogenated alkanes) is 1. The largest absolute Gasteiger partial charge is 0.396 e. The molecule has 9 nitrogen and oxygen atoms in total. The van der Waals surface area contributed by atoms with Crippen LogP contribution < -0.4 is 4.90 Å². The standard InChI is InChI=1S/C32H43BrN4O5S/c1-3-12-35(16-15-34-17-20-42-21-18-34)31(41)28-32-22-24(33)27(43-32)25(26(32)30(40)37(28)14-8-9-19-38)29(39)36(13-4-2)23-10-6-5-7-11-23/h3-7,10-11,24-28,38H,1-2,8-9,12-22H2/t24?,25-,26+,27-,28?,32?/m1/s1. The van der Waals surface area contributed by atoms with Gasteiger partial charge in [-0.3, -0.25) is 19.3 Å². The van der Waals surface area contributed by atoms with Crippen LogP contribution in [-0.4, -0.2) is 124 Å². The highest BCUT2D eigenvalue weighted by Gasteiger charge is 2.76. The van der Waals surface area contributed by atoms with E-state index in [0.717, 1.165) is 25.3 Å². The van der Waals surface area contributed by atoms with Crippen LogP contribution in [0.5, 0.6) is 0 Å². The Bertz CT molecular complexity index is 1180. The Kier molecular flexibility index (Phi) is 10.7. The fraction of sp³-hybridized carbons (Fsp3) is 0.594. The molecule has 0 aliphatic carbocycles. The first-order chi connectivity index (χ1) is 20.9. The number of amides is 3. The van der Waals surface area contributed by atoms with Crippen LogP contribution in [0.25, 0.3) is 0 Å². The minimum absolute atomic E-state index is 0.00856. The van der Waals surface area contributed by atoms with Gasteiger partial charge in [-0.05, 0) is 31.4 Å². The Balaban J connectivity index is 1.48. The normalized spacial score (nSPS) is 29.9. The van der Waals surface area contributed by atoms with Crippen molar-refractivity contribution in [2.75, 3.05) is 70.5 Å². The lowest BCUT2D eigenvalue weighted by Crippen LogP contribution is -2.56. The lowest BCUT2D eigenvalue weighted by molar-refractivity contribution is -0.142. The number of fused-ring (bicyclic) bond motifs is 1. The first-order valence-corrected chi connectivity index (χ1v) is 17.1. The van der Waals surface area contributed by atoms with Crippen LogP contribution in [0.1, 0.15) is 19.3 Å². The fourth-order valence-electron chi connectivity index (χ4n) is 7.27. The average Bonchev–Trinajstić information content (AvgIpc) is 3.61. The van der Waals surface area contributed by atoms with Crippen LogP contribution in [0.3, 0.4) is 0 Å². The van der Waals surface area contributed by atoms with Gasteiger partial charge in [-0.1, -0.05) is 46.3 Å². The van der Waals surface area contributed by atoms with Gasteiger partial charge in [0, 0.05) is 68.2 Å². The molecule has 3 amide bonds. The molecule has 4 aliphatic rings. The minimum Gasteiger partial charge on any atom is -0.396 e. The van der Waals surface area contributed by atoms with Gasteiger partial charge in [0.2, 0.25) is 17.7 Å². The Hall–Kier alpha value is -2.18. The van der Waals surface area contributed by atoms with Gasteiger partial charge < -0.3 is 24.5 Å². The van der Waals surface area contributed by atoms with Crippen molar-refractivity contribution in [2.24, 2.45) is 11.8 Å². The van der Waals surface area contributed by atoms with E-state index >= 15 is 0 Å². The van der Waals surface area contributed by atoms with Crippen molar-refractivity contribution in [3.05, 3.63) is 55.6 Å². The first-order valence-electron chi connectivity index (χ1n) is 15.3. The molecule has 4 saturated heterocycles. The van der Waals surface area contributed by atoms with Gasteiger partial charge in [0.25, 0.3) is 0 Å². The lowest BCUT2D eigenvalue weighted by Gasteiger charge is -2.39. The van der Waals surface area contributed by atoms with Gasteiger partial charge in [-0.2, -0.15) is 0 Å². The van der Waals surface area contributed by atoms with Gasteiger partial charge in [-0.25, -0.2) is 0 Å². The number of aliphatic hydroxyl groups excluding tert-OH is 1. The summed E-state index contributed by atoms with van der Waals surface area (Å²) in [7, 11) is 0. The fourth-order valence-corrected chi connectivity index (χ4v) is 10.9. The summed E-state index contributed by atoms with van der Waals surface area (Å²) in [4.78, 5) is 51.1. The molecule has 4 fully saturated rings. The summed E-state index contributed by atoms with van der Waals surface area (Å²) in [6.45, 7) is 13.2. The van der Waals surface area contributed by atoms with Crippen LogP contribution in [0, 0.1) is 11.8 Å². The third-order valence-electron chi connectivity index (χ3n) is 9.21. The zero-order valence-corrected chi connectivity index (χ0v) is 27.1. The third kappa shape index (κ3) is 6.20. The summed E-state index contributed by atoms with van der Waals surface area (Å²) < 4.78 is 4.77. The summed E-state index contributed by atoms with van der Waals surface area (Å²) in [5.74, 6) is -1.49. The number of morpholine rings is 1. The summed E-state index contributed by atoms with van der Waals surface area (Å²) in [6, 6.07) is 8.81. The minimum atomic E-state index is -0.721. The number of likely N-dealkylation sites (tertiary alicyclic amines) is 1. The molecule has 4 aliphatic heterocycles. The first kappa shape index (κ1) is 32.2. The predicted octanol–water partition coefficient (Wildman–Crippen LogP) is 2.79. The van der Waals surface area contributed by atoms with Crippen molar-refractivity contribution in [2.45, 2.75) is 40.1 Å². The average molecular weight is 676 g/mol. The molecular formula is C32H43BrN4O5S. The SMILES string of the molecule is C=CCN(CCN1CCOCC1)C(=O)C1N(CCCCO)C(=O)[C@@H]2[C@@H](C(=O)N(CC=C)c3ccccc3)[C@@H]3SC12CC3Br. The van der Waals surface area contributed by atoms with Gasteiger partial charge >= 0.3 is 0 Å². The number of carbonyl (C=O) groups is 3. The van der Waals surface area contributed by atoms with Gasteiger partial charge in [0.05, 0.1) is 29.8 Å². The van der Waals surface area contributed by atoms with Crippen LogP contribution in [0.2, 0.25) is 0 Å². The number of alkyl halides is 1. The smallest absolute Gasteiger partial charge is 0.247 e. The zero-order valence-electron chi connectivity index (χ0n) is 24.7. The molecule has 2 bridgehead atoms. The lowest BCUT2D eigenvalue weighted by atomic mass is 9.70. The van der Waals surface area contributed by atoms with Crippen LogP contribution in [0.4, 0.5) is 5.69 Å². The van der Waals surface area contributed by atoms with Gasteiger partial charge in [0.15, 0.2) is 0 Å². The Labute approximate surface area is 267 Å². The number of carbonyl (C=O) groups excluding carboxylic acids is 3. The summed E-state index contributed by atoms with van der Waals surface area (Å²) in [6.07, 6.45) is 5.20. The molecule has 0 aromatic heterocycles. The monoisotopic (exact) mass is 674 g/mol. The molecule has 0 saturated carbocycles. The Morgan fingerprint density at radius 1 is 1.09 bits per heavy atom. The maximum absolute atomic E-state index is 14.6. The van der Waals surface area contributed by atoms with E-state index in [9.17, 15) is 19.5 Å². The zero-order chi connectivity index (χ0) is 30.6. The van der Waals surface area contributed by atoms with Crippen molar-refractivity contribution in [1.29, 1.82) is 0 Å². The molecule has 11 heteroatoms. The number of hydrogen-bond donors (Lipinski definition) is 1. The number of anilines is 1. The van der Waals surface area contributed by atoms with Crippen molar-refractivity contribution in [3.63, 3.8) is 0 Å². The molecule has 5 rings (SSSR count). The molecule has 1 aromatic rings. The quantitative estimate of drug-likeness (QED) is 0.184. The Morgan fingerprint density at radius 2 is 1.81 bits per heavy atom. The van der Waals surface area contributed by atoms with E-state index in [1.165, 1.54) is 0 Å². The molecule has 6 atom stereocenters. The molecule has 43 heavy (non-hydrogen) atoms. The molecule has 0 radical (unpaired) electrons. The maximum atomic E-state index is 14.6. The Morgan fingerprint density at radius 3 is 2.49 bits per heavy atom. The molecule has 1 aromatic carbocycles. The molecule has 3 unspecified atom stereocenters. The van der Waals surface area contributed by atoms with Crippen LogP contribution in [-0.2, 0) is 19.1 Å². The summed E-state index contributed by atoms with van der Waals surface area (Å²) in [5, 5.41) is 9.36. The second-order valence-corrected chi connectivity index (χ2v) is 14.4. The topological polar surface area (TPSA) is 93.6 Å². The van der Waals surface area contributed by atoms with Crippen molar-refractivity contribution in [3.8, 4) is 0 Å². The second kappa shape index (κ2) is 14.3. The summed E-state index contributed by atoms with van der Waals surface area (Å²) >= 11 is 5.53. The molecular weight excluding hydrogens is 632 g/mol. The van der Waals surface area contributed by atoms with E-state index < -0.39 is 22.6 Å². The number of benzene rings is 1. The number of para-hydroxylation sites is 1. The number of thioether (sulfide) groups is 1. The van der Waals surface area contributed by atoms with E-state index in [4.69, 9.17) is 4.74 Å². The van der Waals surface area contributed by atoms with E-state index in [0.29, 0.717) is 58.7 Å². The van der Waals surface area contributed by atoms with Gasteiger partial charge in [0.1, 0.15) is 6.04 Å². The van der Waals surface area contributed by atoms with Crippen molar-refractivity contribution < 1.29 is 24.2 Å². The van der Waals surface area contributed by atoms with Gasteiger partial charge in [-0.15, -0.1) is 24.9 Å². The second-order valence-electron chi connectivity index (χ2n) is 11.7. The highest BCUT2D eigenvalue weighted by atomic mass is 79.9. The molecule has 4 heterocycles.